The molecule has 6 heteroatoms. The maximum Gasteiger partial charge on any atom is 0.260 e. The van der Waals surface area contributed by atoms with Crippen LogP contribution in [0.2, 0.25) is 0 Å². The van der Waals surface area contributed by atoms with Gasteiger partial charge in [-0.05, 0) is 49.2 Å². The van der Waals surface area contributed by atoms with E-state index in [0.717, 1.165) is 22.6 Å². The van der Waals surface area contributed by atoms with Gasteiger partial charge in [0.1, 0.15) is 17.3 Å². The van der Waals surface area contributed by atoms with Gasteiger partial charge in [0.25, 0.3) is 5.91 Å². The van der Waals surface area contributed by atoms with Crippen molar-refractivity contribution in [1.82, 2.24) is 14.5 Å². The number of benzene rings is 2. The first-order chi connectivity index (χ1) is 15.0. The van der Waals surface area contributed by atoms with Crippen molar-refractivity contribution in [1.29, 1.82) is 0 Å². The summed E-state index contributed by atoms with van der Waals surface area (Å²) in [5.74, 6) is 1.48. The number of nitrogens with zero attached hydrogens (tertiary/aromatic N) is 4. The van der Waals surface area contributed by atoms with E-state index in [2.05, 4.69) is 23.4 Å². The van der Waals surface area contributed by atoms with Crippen LogP contribution in [0.1, 0.15) is 35.8 Å². The molecule has 4 aromatic rings. The summed E-state index contributed by atoms with van der Waals surface area (Å²) < 4.78 is 2.06. The number of imidazole rings is 1. The third-order valence-corrected chi connectivity index (χ3v) is 5.59. The van der Waals surface area contributed by atoms with Crippen molar-refractivity contribution in [3.8, 4) is 28.4 Å². The lowest BCUT2D eigenvalue weighted by molar-refractivity contribution is 0.0996. The van der Waals surface area contributed by atoms with Gasteiger partial charge in [-0.15, -0.1) is 0 Å². The monoisotopic (exact) mass is 410 g/mol. The van der Waals surface area contributed by atoms with Gasteiger partial charge in [-0.1, -0.05) is 36.4 Å². The molecule has 1 amide bonds. The summed E-state index contributed by atoms with van der Waals surface area (Å²) in [6, 6.07) is 18.8. The van der Waals surface area contributed by atoms with E-state index in [-0.39, 0.29) is 17.7 Å². The van der Waals surface area contributed by atoms with Crippen molar-refractivity contribution in [2.75, 3.05) is 4.90 Å². The number of phenols is 1. The maximum absolute atomic E-state index is 13.2. The number of fused-ring (bicyclic) bond motifs is 1. The summed E-state index contributed by atoms with van der Waals surface area (Å²) in [6.07, 6.45) is 3.70. The topological polar surface area (TPSA) is 71.2 Å². The number of hydrogen-bond acceptors (Lipinski definition) is 4. The Morgan fingerprint density at radius 1 is 1.00 bits per heavy atom. The number of carbonyl (C=O) groups is 1. The molecule has 6 nitrogen and oxygen atoms in total. The Hall–Kier alpha value is -3.93. The van der Waals surface area contributed by atoms with E-state index in [4.69, 9.17) is 4.98 Å². The predicted molar refractivity (Wildman–Crippen MR) is 120 cm³/mol. The quantitative estimate of drug-likeness (QED) is 0.511. The van der Waals surface area contributed by atoms with Crippen molar-refractivity contribution in [2.24, 2.45) is 0 Å². The molecule has 2 aromatic carbocycles. The minimum absolute atomic E-state index is 0.0934. The molecule has 0 spiro atoms. The number of pyridine rings is 1. The molecule has 0 aliphatic carbocycles. The third-order valence-electron chi connectivity index (χ3n) is 5.59. The first-order valence-electron chi connectivity index (χ1n) is 10.3. The molecule has 0 saturated carbocycles. The summed E-state index contributed by atoms with van der Waals surface area (Å²) in [4.78, 5) is 24.1. The Labute approximate surface area is 180 Å². The standard InChI is InChI=1S/C25H22N4O2/c1-16(2)28-13-12-26-24(28)21-7-5-9-23(27-21)29-15-18-11-10-17(14-20(18)25(29)31)19-6-3-4-8-22(19)30/h3-14,16,30H,15H2,1-2H3. The van der Waals surface area contributed by atoms with Gasteiger partial charge in [0.2, 0.25) is 0 Å². The molecular weight excluding hydrogens is 388 g/mol. The van der Waals surface area contributed by atoms with Crippen LogP contribution in [0.4, 0.5) is 5.82 Å². The fraction of sp³-hybridized carbons (Fsp3) is 0.160. The van der Waals surface area contributed by atoms with Crippen molar-refractivity contribution in [2.45, 2.75) is 26.4 Å². The van der Waals surface area contributed by atoms with Crippen LogP contribution < -0.4 is 4.90 Å². The van der Waals surface area contributed by atoms with E-state index < -0.39 is 0 Å². The molecule has 31 heavy (non-hydrogen) atoms. The van der Waals surface area contributed by atoms with Gasteiger partial charge in [0.15, 0.2) is 5.82 Å². The number of rotatable bonds is 4. The molecule has 0 radical (unpaired) electrons. The largest absolute Gasteiger partial charge is 0.507 e. The van der Waals surface area contributed by atoms with Crippen molar-refractivity contribution < 1.29 is 9.90 Å². The number of anilines is 1. The lowest BCUT2D eigenvalue weighted by atomic mass is 10.00. The average molecular weight is 410 g/mol. The first-order valence-corrected chi connectivity index (χ1v) is 10.3. The summed E-state index contributed by atoms with van der Waals surface area (Å²) in [7, 11) is 0. The highest BCUT2D eigenvalue weighted by Crippen LogP contribution is 2.34. The zero-order valence-electron chi connectivity index (χ0n) is 17.4. The van der Waals surface area contributed by atoms with E-state index in [1.807, 2.05) is 54.7 Å². The fourth-order valence-corrected chi connectivity index (χ4v) is 4.00. The van der Waals surface area contributed by atoms with E-state index in [1.165, 1.54) is 0 Å². The van der Waals surface area contributed by atoms with Gasteiger partial charge < -0.3 is 9.67 Å². The maximum atomic E-state index is 13.2. The van der Waals surface area contributed by atoms with Crippen LogP contribution in [-0.2, 0) is 6.54 Å². The highest BCUT2D eigenvalue weighted by Gasteiger charge is 2.30. The molecule has 0 saturated heterocycles. The number of carbonyl (C=O) groups excluding carboxylic acids is 1. The number of aromatic hydroxyl groups is 1. The minimum atomic E-state index is -0.0934. The molecule has 1 aliphatic rings. The van der Waals surface area contributed by atoms with E-state index in [1.54, 1.807) is 23.2 Å². The Morgan fingerprint density at radius 2 is 1.84 bits per heavy atom. The van der Waals surface area contributed by atoms with Crippen LogP contribution in [0.25, 0.3) is 22.6 Å². The third kappa shape index (κ3) is 3.26. The van der Waals surface area contributed by atoms with Crippen LogP contribution in [0.5, 0.6) is 5.75 Å². The van der Waals surface area contributed by atoms with Crippen LogP contribution in [0.3, 0.4) is 0 Å². The molecule has 3 heterocycles. The molecule has 2 aromatic heterocycles. The molecule has 154 valence electrons. The molecule has 0 unspecified atom stereocenters. The molecule has 5 rings (SSSR count). The summed E-state index contributed by atoms with van der Waals surface area (Å²) >= 11 is 0. The number of phenolic OH excluding ortho intramolecular Hbond substituents is 1. The van der Waals surface area contributed by atoms with Crippen molar-refractivity contribution in [3.63, 3.8) is 0 Å². The number of para-hydroxylation sites is 1. The fourth-order valence-electron chi connectivity index (χ4n) is 4.00. The molecule has 0 fully saturated rings. The summed E-state index contributed by atoms with van der Waals surface area (Å²) in [5.41, 5.74) is 3.83. The number of aromatic nitrogens is 3. The Morgan fingerprint density at radius 3 is 2.65 bits per heavy atom. The van der Waals surface area contributed by atoms with Gasteiger partial charge in [-0.3, -0.25) is 9.69 Å². The minimum Gasteiger partial charge on any atom is -0.507 e. The van der Waals surface area contributed by atoms with E-state index in [9.17, 15) is 9.90 Å². The van der Waals surface area contributed by atoms with Gasteiger partial charge >= 0.3 is 0 Å². The van der Waals surface area contributed by atoms with Crippen molar-refractivity contribution >= 4 is 11.7 Å². The van der Waals surface area contributed by atoms with E-state index >= 15 is 0 Å². The van der Waals surface area contributed by atoms with Gasteiger partial charge in [-0.2, -0.15) is 0 Å². The predicted octanol–water partition coefficient (Wildman–Crippen LogP) is 5.06. The lowest BCUT2D eigenvalue weighted by Gasteiger charge is -2.16. The summed E-state index contributed by atoms with van der Waals surface area (Å²) in [6.45, 7) is 4.65. The van der Waals surface area contributed by atoms with Crippen LogP contribution >= 0.6 is 0 Å². The molecule has 1 N–H and O–H groups in total. The van der Waals surface area contributed by atoms with E-state index in [0.29, 0.717) is 23.5 Å². The van der Waals surface area contributed by atoms with Crippen LogP contribution in [0.15, 0.2) is 73.1 Å². The zero-order chi connectivity index (χ0) is 21.5. The molecule has 0 bridgehead atoms. The molecule has 1 aliphatic heterocycles. The van der Waals surface area contributed by atoms with Gasteiger partial charge in [0, 0.05) is 29.6 Å². The normalized spacial score (nSPS) is 13.1. The SMILES string of the molecule is CC(C)n1ccnc1-c1cccc(N2Cc3ccc(-c4ccccc4O)cc3C2=O)n1. The highest BCUT2D eigenvalue weighted by molar-refractivity contribution is 6.10. The summed E-state index contributed by atoms with van der Waals surface area (Å²) in [5, 5.41) is 10.2. The number of hydrogen-bond donors (Lipinski definition) is 1. The molecule has 0 atom stereocenters. The van der Waals surface area contributed by atoms with Gasteiger partial charge in [0.05, 0.1) is 6.54 Å². The smallest absolute Gasteiger partial charge is 0.260 e. The lowest BCUT2D eigenvalue weighted by Crippen LogP contribution is -2.24. The zero-order valence-corrected chi connectivity index (χ0v) is 17.4. The molecular formula is C25H22N4O2. The first kappa shape index (κ1) is 19.1. The van der Waals surface area contributed by atoms with Crippen LogP contribution in [0, 0.1) is 0 Å². The Kier molecular flexibility index (Phi) is 4.55. The average Bonchev–Trinajstić information content (AvgIpc) is 3.39. The van der Waals surface area contributed by atoms with Crippen molar-refractivity contribution in [3.05, 3.63) is 84.2 Å². The Bertz CT molecular complexity index is 1290. The number of amides is 1. The second-order valence-electron chi connectivity index (χ2n) is 7.91. The second-order valence-corrected chi connectivity index (χ2v) is 7.91. The Balaban J connectivity index is 1.49. The van der Waals surface area contributed by atoms with Gasteiger partial charge in [-0.25, -0.2) is 9.97 Å². The highest BCUT2D eigenvalue weighted by atomic mass is 16.3. The second kappa shape index (κ2) is 7.40. The van der Waals surface area contributed by atoms with Crippen LogP contribution in [-0.4, -0.2) is 25.5 Å².